The number of aromatic amines is 1. The third kappa shape index (κ3) is 4.34. The average molecular weight is 380 g/mol. The molecule has 0 saturated heterocycles. The Morgan fingerprint density at radius 1 is 1.29 bits per heavy atom. The van der Waals surface area contributed by atoms with Crippen molar-refractivity contribution in [3.8, 4) is 6.07 Å². The SMILES string of the molecule is CNc1ccc(F)c(C#N)c1.N/C(=C1\NC=Nc2[nH]ccc21)C1CCCCC1. The third-order valence-electron chi connectivity index (χ3n) is 5.11. The molecule has 1 aliphatic heterocycles. The quantitative estimate of drug-likeness (QED) is 0.626. The van der Waals surface area contributed by atoms with Gasteiger partial charge in [-0.3, -0.25) is 0 Å². The molecule has 0 bridgehead atoms. The minimum Gasteiger partial charge on any atom is -0.400 e. The summed E-state index contributed by atoms with van der Waals surface area (Å²) in [5, 5.41) is 14.4. The van der Waals surface area contributed by atoms with Gasteiger partial charge in [0, 0.05) is 36.1 Å². The molecule has 1 aliphatic carbocycles. The zero-order chi connectivity index (χ0) is 19.9. The molecule has 6 nitrogen and oxygen atoms in total. The monoisotopic (exact) mass is 380 g/mol. The van der Waals surface area contributed by atoms with E-state index >= 15 is 0 Å². The van der Waals surface area contributed by atoms with Gasteiger partial charge in [0.2, 0.25) is 0 Å². The zero-order valence-corrected chi connectivity index (χ0v) is 15.9. The smallest absolute Gasteiger partial charge is 0.141 e. The standard InChI is InChI=1S/C13H18N4.C8H7FN2/c14-11(9-4-2-1-3-5-9)12-10-6-7-15-13(10)17-8-16-12;1-11-7-2-3-8(9)6(4-7)5-10/h6-9,15H,1-5,14H2,(H,16,17);2-4,11H,1H3/b12-11-;. The summed E-state index contributed by atoms with van der Waals surface area (Å²) in [6.45, 7) is 0. The van der Waals surface area contributed by atoms with Crippen LogP contribution in [0.5, 0.6) is 0 Å². The summed E-state index contributed by atoms with van der Waals surface area (Å²) in [5.74, 6) is 0.949. The van der Waals surface area contributed by atoms with Crippen LogP contribution in [0.4, 0.5) is 15.9 Å². The van der Waals surface area contributed by atoms with E-state index in [4.69, 9.17) is 11.0 Å². The molecule has 0 spiro atoms. The first kappa shape index (κ1) is 19.5. The molecule has 2 aromatic rings. The lowest BCUT2D eigenvalue weighted by molar-refractivity contribution is 0.400. The van der Waals surface area contributed by atoms with Crippen molar-refractivity contribution in [3.63, 3.8) is 0 Å². The molecule has 1 aromatic heterocycles. The number of nitrogens with two attached hydrogens (primary N) is 1. The van der Waals surface area contributed by atoms with Crippen LogP contribution in [0.15, 0.2) is 41.2 Å². The highest BCUT2D eigenvalue weighted by Crippen LogP contribution is 2.33. The van der Waals surface area contributed by atoms with Crippen LogP contribution in [-0.2, 0) is 0 Å². The van der Waals surface area contributed by atoms with Gasteiger partial charge in [-0.1, -0.05) is 19.3 Å². The molecule has 0 unspecified atom stereocenters. The van der Waals surface area contributed by atoms with Crippen LogP contribution in [0.3, 0.4) is 0 Å². The predicted octanol–water partition coefficient (Wildman–Crippen LogP) is 4.22. The fraction of sp³-hybridized carbons (Fsp3) is 0.333. The summed E-state index contributed by atoms with van der Waals surface area (Å²) >= 11 is 0. The highest BCUT2D eigenvalue weighted by Gasteiger charge is 2.22. The Bertz CT molecular complexity index is 915. The molecule has 28 heavy (non-hydrogen) atoms. The van der Waals surface area contributed by atoms with E-state index in [0.29, 0.717) is 5.92 Å². The normalized spacial score (nSPS) is 17.5. The number of fused-ring (bicyclic) bond motifs is 1. The predicted molar refractivity (Wildman–Crippen MR) is 110 cm³/mol. The first-order valence-electron chi connectivity index (χ1n) is 9.48. The van der Waals surface area contributed by atoms with Crippen molar-refractivity contribution in [1.29, 1.82) is 5.26 Å². The molecule has 0 amide bonds. The van der Waals surface area contributed by atoms with Crippen molar-refractivity contribution in [3.05, 3.63) is 53.1 Å². The number of allylic oxidation sites excluding steroid dienone is 1. The van der Waals surface area contributed by atoms with E-state index in [2.05, 4.69) is 20.6 Å². The van der Waals surface area contributed by atoms with Crippen molar-refractivity contribution < 1.29 is 4.39 Å². The molecular formula is C21H25FN6. The molecule has 146 valence electrons. The maximum atomic E-state index is 12.7. The molecule has 0 atom stereocenters. The largest absolute Gasteiger partial charge is 0.400 e. The molecular weight excluding hydrogens is 355 g/mol. The van der Waals surface area contributed by atoms with Crippen molar-refractivity contribution >= 4 is 23.5 Å². The maximum absolute atomic E-state index is 12.7. The molecule has 0 radical (unpaired) electrons. The van der Waals surface area contributed by atoms with E-state index in [0.717, 1.165) is 28.5 Å². The molecule has 4 rings (SSSR count). The third-order valence-corrected chi connectivity index (χ3v) is 5.11. The minimum absolute atomic E-state index is 0.0665. The van der Waals surface area contributed by atoms with Crippen molar-refractivity contribution in [2.75, 3.05) is 12.4 Å². The van der Waals surface area contributed by atoms with Crippen molar-refractivity contribution in [2.24, 2.45) is 16.6 Å². The van der Waals surface area contributed by atoms with Crippen LogP contribution in [0.25, 0.3) is 5.70 Å². The van der Waals surface area contributed by atoms with Gasteiger partial charge in [0.25, 0.3) is 0 Å². The van der Waals surface area contributed by atoms with E-state index in [-0.39, 0.29) is 5.56 Å². The lowest BCUT2D eigenvalue weighted by atomic mass is 9.85. The number of rotatable bonds is 2. The lowest BCUT2D eigenvalue weighted by Crippen LogP contribution is -2.24. The Morgan fingerprint density at radius 2 is 2.07 bits per heavy atom. The second kappa shape index (κ2) is 9.09. The van der Waals surface area contributed by atoms with E-state index in [1.165, 1.54) is 44.2 Å². The number of nitrogens with zero attached hydrogens (tertiary/aromatic N) is 2. The first-order valence-corrected chi connectivity index (χ1v) is 9.48. The number of H-pyrrole nitrogens is 1. The summed E-state index contributed by atoms with van der Waals surface area (Å²) in [6.07, 6.45) is 10.00. The number of hydrogen-bond donors (Lipinski definition) is 4. The number of nitriles is 1. The van der Waals surface area contributed by atoms with Gasteiger partial charge in [0.1, 0.15) is 17.7 Å². The molecule has 7 heteroatoms. The number of anilines is 1. The fourth-order valence-electron chi connectivity index (χ4n) is 3.53. The van der Waals surface area contributed by atoms with Crippen molar-refractivity contribution in [1.82, 2.24) is 10.3 Å². The second-order valence-electron chi connectivity index (χ2n) is 6.86. The summed E-state index contributed by atoms with van der Waals surface area (Å²) < 4.78 is 12.7. The Kier molecular flexibility index (Phi) is 6.33. The summed E-state index contributed by atoms with van der Waals surface area (Å²) in [5.41, 5.74) is 10.3. The second-order valence-corrected chi connectivity index (χ2v) is 6.86. The molecule has 2 heterocycles. The average Bonchev–Trinajstić information content (AvgIpc) is 3.24. The van der Waals surface area contributed by atoms with Crippen molar-refractivity contribution in [2.45, 2.75) is 32.1 Å². The Morgan fingerprint density at radius 3 is 2.79 bits per heavy atom. The van der Waals surface area contributed by atoms with Gasteiger partial charge in [-0.05, 0) is 37.1 Å². The van der Waals surface area contributed by atoms with E-state index in [1.54, 1.807) is 25.5 Å². The highest BCUT2D eigenvalue weighted by molar-refractivity contribution is 5.87. The number of nitrogens with one attached hydrogen (secondary N) is 3. The van der Waals surface area contributed by atoms with Gasteiger partial charge in [0.15, 0.2) is 0 Å². The van der Waals surface area contributed by atoms with Gasteiger partial charge in [-0.15, -0.1) is 0 Å². The Balaban J connectivity index is 0.000000178. The van der Waals surface area contributed by atoms with E-state index in [9.17, 15) is 4.39 Å². The van der Waals surface area contributed by atoms with E-state index in [1.807, 2.05) is 12.3 Å². The Hall–Kier alpha value is -3.27. The zero-order valence-electron chi connectivity index (χ0n) is 15.9. The van der Waals surface area contributed by atoms with Crippen LogP contribution < -0.4 is 16.4 Å². The highest BCUT2D eigenvalue weighted by atomic mass is 19.1. The van der Waals surface area contributed by atoms with Crippen LogP contribution >= 0.6 is 0 Å². The topological polar surface area (TPSA) is 102 Å². The van der Waals surface area contributed by atoms with Gasteiger partial charge in [-0.25, -0.2) is 9.38 Å². The van der Waals surface area contributed by atoms with Crippen LogP contribution in [0.2, 0.25) is 0 Å². The Labute approximate surface area is 164 Å². The molecule has 1 saturated carbocycles. The first-order chi connectivity index (χ1) is 13.6. The molecule has 1 fully saturated rings. The summed E-state index contributed by atoms with van der Waals surface area (Å²) in [6, 6.07) is 8.10. The van der Waals surface area contributed by atoms with Gasteiger partial charge in [-0.2, -0.15) is 5.26 Å². The number of aliphatic imine (C=N–C) groups is 1. The number of aromatic nitrogens is 1. The lowest BCUT2D eigenvalue weighted by Gasteiger charge is -2.25. The fourth-order valence-corrected chi connectivity index (χ4v) is 3.53. The number of halogens is 1. The molecule has 1 aromatic carbocycles. The summed E-state index contributed by atoms with van der Waals surface area (Å²) in [7, 11) is 1.72. The molecule has 2 aliphatic rings. The maximum Gasteiger partial charge on any atom is 0.141 e. The van der Waals surface area contributed by atoms with Crippen LogP contribution in [-0.4, -0.2) is 18.4 Å². The van der Waals surface area contributed by atoms with Gasteiger partial charge >= 0.3 is 0 Å². The summed E-state index contributed by atoms with van der Waals surface area (Å²) in [4.78, 5) is 7.37. The molecule has 5 N–H and O–H groups in total. The van der Waals surface area contributed by atoms with Crippen LogP contribution in [0.1, 0.15) is 43.2 Å². The number of benzene rings is 1. The number of hydrogen-bond acceptors (Lipinski definition) is 5. The van der Waals surface area contributed by atoms with Gasteiger partial charge < -0.3 is 21.4 Å². The minimum atomic E-state index is -0.480. The van der Waals surface area contributed by atoms with E-state index < -0.39 is 5.82 Å². The van der Waals surface area contributed by atoms with Crippen LogP contribution in [0, 0.1) is 23.1 Å². The van der Waals surface area contributed by atoms with Gasteiger partial charge in [0.05, 0.1) is 17.6 Å².